The van der Waals surface area contributed by atoms with Crippen molar-refractivity contribution in [1.82, 2.24) is 0 Å². The smallest absolute Gasteiger partial charge is 0.0749 e. The topological polar surface area (TPSA) is 24.7 Å². The Bertz CT molecular complexity index is 437. The maximum Gasteiger partial charge on any atom is 0.0749 e. The summed E-state index contributed by atoms with van der Waals surface area (Å²) in [6.45, 7) is 5.22. The van der Waals surface area contributed by atoms with Gasteiger partial charge >= 0.3 is 0 Å². The summed E-state index contributed by atoms with van der Waals surface area (Å²) in [5, 5.41) is 4.78. The number of benzene rings is 1. The second kappa shape index (κ2) is 6.41. The van der Waals surface area contributed by atoms with Crippen LogP contribution in [0.3, 0.4) is 0 Å². The predicted octanol–water partition coefficient (Wildman–Crippen LogP) is 3.51. The van der Waals surface area contributed by atoms with Crippen molar-refractivity contribution in [2.24, 2.45) is 9.98 Å². The monoisotopic (exact) mass is 248 g/mol. The maximum atomic E-state index is 4.59. The Morgan fingerprint density at radius 3 is 1.62 bits per heavy atom. The number of isothiocyanates is 2. The van der Waals surface area contributed by atoms with E-state index in [1.165, 1.54) is 11.1 Å². The first-order chi connectivity index (χ1) is 7.70. The molecule has 0 heterocycles. The SMILES string of the molecule is Cc1ccc(C)c(CN=C=S)c1CN=C=S. The number of nitrogens with zero attached hydrogens (tertiary/aromatic N) is 2. The zero-order valence-corrected chi connectivity index (χ0v) is 10.9. The molecule has 0 unspecified atom stereocenters. The van der Waals surface area contributed by atoms with Crippen LogP contribution in [-0.2, 0) is 13.1 Å². The van der Waals surface area contributed by atoms with Gasteiger partial charge in [-0.05, 0) is 60.5 Å². The van der Waals surface area contributed by atoms with Crippen LogP contribution in [0.1, 0.15) is 22.3 Å². The van der Waals surface area contributed by atoms with Gasteiger partial charge in [0, 0.05) is 0 Å². The normalized spacial score (nSPS) is 9.12. The van der Waals surface area contributed by atoms with Crippen LogP contribution in [0.2, 0.25) is 0 Å². The van der Waals surface area contributed by atoms with Crippen LogP contribution < -0.4 is 0 Å². The fourth-order valence-electron chi connectivity index (χ4n) is 1.59. The van der Waals surface area contributed by atoms with E-state index in [1.54, 1.807) is 0 Å². The molecule has 4 heteroatoms. The van der Waals surface area contributed by atoms with Gasteiger partial charge in [-0.15, -0.1) is 0 Å². The molecule has 0 fully saturated rings. The van der Waals surface area contributed by atoms with Gasteiger partial charge in [0.15, 0.2) is 0 Å². The zero-order valence-electron chi connectivity index (χ0n) is 9.28. The molecule has 1 aromatic rings. The molecule has 0 bridgehead atoms. The van der Waals surface area contributed by atoms with E-state index in [0.29, 0.717) is 13.1 Å². The van der Waals surface area contributed by atoms with E-state index in [1.807, 2.05) is 0 Å². The molecule has 0 saturated carbocycles. The number of hydrogen-bond donors (Lipinski definition) is 0. The Morgan fingerprint density at radius 2 is 1.31 bits per heavy atom. The molecule has 1 aromatic carbocycles. The van der Waals surface area contributed by atoms with Gasteiger partial charge in [0.1, 0.15) is 0 Å². The fourth-order valence-corrected chi connectivity index (χ4v) is 1.72. The van der Waals surface area contributed by atoms with Crippen molar-refractivity contribution < 1.29 is 0 Å². The highest BCUT2D eigenvalue weighted by atomic mass is 32.1. The van der Waals surface area contributed by atoms with Crippen LogP contribution in [-0.4, -0.2) is 10.3 Å². The largest absolute Gasteiger partial charge is 0.228 e. The van der Waals surface area contributed by atoms with Gasteiger partial charge in [-0.2, -0.15) is 0 Å². The van der Waals surface area contributed by atoms with Gasteiger partial charge in [-0.1, -0.05) is 12.1 Å². The van der Waals surface area contributed by atoms with Gasteiger partial charge in [-0.25, -0.2) is 9.98 Å². The summed E-state index contributed by atoms with van der Waals surface area (Å²) in [6.07, 6.45) is 0. The van der Waals surface area contributed by atoms with E-state index in [9.17, 15) is 0 Å². The molecule has 0 saturated heterocycles. The van der Waals surface area contributed by atoms with E-state index >= 15 is 0 Å². The lowest BCUT2D eigenvalue weighted by molar-refractivity contribution is 0.961. The number of aryl methyl sites for hydroxylation is 2. The van der Waals surface area contributed by atoms with Crippen molar-refractivity contribution in [2.45, 2.75) is 26.9 Å². The lowest BCUT2D eigenvalue weighted by Gasteiger charge is -2.11. The van der Waals surface area contributed by atoms with Gasteiger partial charge in [0.05, 0.1) is 23.4 Å². The van der Waals surface area contributed by atoms with Crippen LogP contribution in [0, 0.1) is 13.8 Å². The maximum absolute atomic E-state index is 4.59. The van der Waals surface area contributed by atoms with Crippen molar-refractivity contribution in [3.63, 3.8) is 0 Å². The summed E-state index contributed by atoms with van der Waals surface area (Å²) >= 11 is 9.18. The van der Waals surface area contributed by atoms with Crippen LogP contribution in [0.25, 0.3) is 0 Å². The quantitative estimate of drug-likeness (QED) is 0.601. The van der Waals surface area contributed by atoms with Crippen LogP contribution in [0.15, 0.2) is 22.1 Å². The van der Waals surface area contributed by atoms with Crippen LogP contribution in [0.5, 0.6) is 0 Å². The first-order valence-corrected chi connectivity index (χ1v) is 5.67. The number of aliphatic imine (C=N–C) groups is 2. The Balaban J connectivity index is 3.23. The van der Waals surface area contributed by atoms with Crippen molar-refractivity contribution in [3.05, 3.63) is 34.4 Å². The zero-order chi connectivity index (χ0) is 12.0. The number of thiocarbonyl (C=S) groups is 2. The summed E-state index contributed by atoms with van der Waals surface area (Å²) in [4.78, 5) is 7.98. The minimum Gasteiger partial charge on any atom is -0.228 e. The lowest BCUT2D eigenvalue weighted by atomic mass is 9.97. The predicted molar refractivity (Wildman–Crippen MR) is 73.4 cm³/mol. The fraction of sp³-hybridized carbons (Fsp3) is 0.333. The minimum absolute atomic E-state index is 0.555. The van der Waals surface area contributed by atoms with Crippen molar-refractivity contribution in [2.75, 3.05) is 0 Å². The average molecular weight is 248 g/mol. The van der Waals surface area contributed by atoms with Crippen molar-refractivity contribution in [3.8, 4) is 0 Å². The summed E-state index contributed by atoms with van der Waals surface area (Å²) in [6, 6.07) is 4.16. The molecule has 0 aliphatic rings. The molecule has 82 valence electrons. The molecule has 0 radical (unpaired) electrons. The molecule has 0 aliphatic carbocycles. The molecule has 0 atom stereocenters. The molecule has 1 rings (SSSR count). The molecule has 0 amide bonds. The number of rotatable bonds is 4. The molecule has 0 spiro atoms. The summed E-state index contributed by atoms with van der Waals surface area (Å²) in [7, 11) is 0. The minimum atomic E-state index is 0.555. The van der Waals surface area contributed by atoms with Gasteiger partial charge < -0.3 is 0 Å². The first kappa shape index (κ1) is 12.9. The highest BCUT2D eigenvalue weighted by Crippen LogP contribution is 2.20. The Hall–Kier alpha value is -1.18. The first-order valence-electron chi connectivity index (χ1n) is 4.86. The third kappa shape index (κ3) is 3.16. The molecular weight excluding hydrogens is 236 g/mol. The molecular formula is C12H12N2S2. The summed E-state index contributed by atoms with van der Waals surface area (Å²) < 4.78 is 0. The van der Waals surface area contributed by atoms with E-state index in [-0.39, 0.29) is 0 Å². The van der Waals surface area contributed by atoms with Crippen molar-refractivity contribution >= 4 is 34.8 Å². The highest BCUT2D eigenvalue weighted by Gasteiger charge is 2.07. The van der Waals surface area contributed by atoms with E-state index in [0.717, 1.165) is 11.1 Å². The van der Waals surface area contributed by atoms with E-state index in [4.69, 9.17) is 0 Å². The van der Waals surface area contributed by atoms with Crippen LogP contribution >= 0.6 is 24.4 Å². The Labute approximate surface area is 106 Å². The molecule has 0 aliphatic heterocycles. The van der Waals surface area contributed by atoms with Gasteiger partial charge in [-0.3, -0.25) is 0 Å². The molecule has 16 heavy (non-hydrogen) atoms. The van der Waals surface area contributed by atoms with E-state index in [2.05, 4.69) is 70.7 Å². The third-order valence-corrected chi connectivity index (χ3v) is 2.76. The van der Waals surface area contributed by atoms with Crippen LogP contribution in [0.4, 0.5) is 0 Å². The Morgan fingerprint density at radius 1 is 0.938 bits per heavy atom. The van der Waals surface area contributed by atoms with Crippen molar-refractivity contribution in [1.29, 1.82) is 0 Å². The Kier molecular flexibility index (Phi) is 5.17. The highest BCUT2D eigenvalue weighted by molar-refractivity contribution is 7.78. The molecule has 2 nitrogen and oxygen atoms in total. The van der Waals surface area contributed by atoms with Gasteiger partial charge in [0.2, 0.25) is 0 Å². The third-order valence-electron chi connectivity index (χ3n) is 2.50. The lowest BCUT2D eigenvalue weighted by Crippen LogP contribution is -1.98. The summed E-state index contributed by atoms with van der Waals surface area (Å²) in [5.41, 5.74) is 4.70. The van der Waals surface area contributed by atoms with E-state index < -0.39 is 0 Å². The number of hydrogen-bond acceptors (Lipinski definition) is 4. The second-order valence-electron chi connectivity index (χ2n) is 3.47. The van der Waals surface area contributed by atoms with Gasteiger partial charge in [0.25, 0.3) is 0 Å². The summed E-state index contributed by atoms with van der Waals surface area (Å²) in [5.74, 6) is 0. The second-order valence-corrected chi connectivity index (χ2v) is 3.84. The standard InChI is InChI=1S/C12H12N2S2/c1-9-3-4-10(2)12(6-14-8-16)11(9)5-13-7-15/h3-4H,5-6H2,1-2H3. The average Bonchev–Trinajstić information content (AvgIpc) is 2.29. The molecule has 0 aromatic heterocycles. The molecule has 0 N–H and O–H groups in total.